The van der Waals surface area contributed by atoms with Crippen molar-refractivity contribution >= 4 is 11.8 Å². The van der Waals surface area contributed by atoms with E-state index in [4.69, 9.17) is 5.73 Å². The van der Waals surface area contributed by atoms with Gasteiger partial charge in [-0.2, -0.15) is 0 Å². The number of rotatable bonds is 2. The maximum Gasteiger partial charge on any atom is 0.253 e. The molecule has 2 aliphatic heterocycles. The molecule has 3 rings (SSSR count). The van der Waals surface area contributed by atoms with Crippen LogP contribution in [0.5, 0.6) is 0 Å². The Balaban J connectivity index is 1.72. The second-order valence-corrected chi connectivity index (χ2v) is 6.04. The average molecular weight is 287 g/mol. The predicted molar refractivity (Wildman–Crippen MR) is 79.9 cm³/mol. The maximum absolute atomic E-state index is 12.5. The lowest BCUT2D eigenvalue weighted by Crippen LogP contribution is -2.42. The smallest absolute Gasteiger partial charge is 0.253 e. The van der Waals surface area contributed by atoms with Gasteiger partial charge in [-0.05, 0) is 43.4 Å². The Hall–Kier alpha value is -1.88. The summed E-state index contributed by atoms with van der Waals surface area (Å²) in [6.45, 7) is 4.08. The molecular weight excluding hydrogens is 266 g/mol. The molecule has 0 spiro atoms. The van der Waals surface area contributed by atoms with E-state index in [1.165, 1.54) is 0 Å². The molecule has 1 atom stereocenters. The number of amides is 2. The van der Waals surface area contributed by atoms with Gasteiger partial charge in [0.15, 0.2) is 0 Å². The van der Waals surface area contributed by atoms with Gasteiger partial charge in [0.1, 0.15) is 0 Å². The number of carbonyl (C=O) groups is 2. The zero-order valence-electron chi connectivity index (χ0n) is 12.3. The van der Waals surface area contributed by atoms with Crippen LogP contribution in [0.1, 0.15) is 46.0 Å². The molecule has 1 fully saturated rings. The van der Waals surface area contributed by atoms with E-state index in [-0.39, 0.29) is 17.9 Å². The second kappa shape index (κ2) is 5.48. The van der Waals surface area contributed by atoms with E-state index in [1.54, 1.807) is 6.07 Å². The first-order valence-corrected chi connectivity index (χ1v) is 7.52. The lowest BCUT2D eigenvalue weighted by molar-refractivity contribution is 0.0681. The van der Waals surface area contributed by atoms with E-state index in [1.807, 2.05) is 24.0 Å². The fourth-order valence-electron chi connectivity index (χ4n) is 3.16. The summed E-state index contributed by atoms with van der Waals surface area (Å²) in [6.07, 6.45) is 1.91. The Bertz CT molecular complexity index is 575. The summed E-state index contributed by atoms with van der Waals surface area (Å²) < 4.78 is 0. The van der Waals surface area contributed by atoms with Crippen LogP contribution in [0.3, 0.4) is 0 Å². The molecule has 5 nitrogen and oxygen atoms in total. The van der Waals surface area contributed by atoms with E-state index < -0.39 is 0 Å². The van der Waals surface area contributed by atoms with Gasteiger partial charge in [0.05, 0.1) is 0 Å². The number of benzene rings is 1. The number of likely N-dealkylation sites (tertiary alicyclic amines) is 1. The van der Waals surface area contributed by atoms with Crippen molar-refractivity contribution in [3.05, 3.63) is 34.9 Å². The van der Waals surface area contributed by atoms with Gasteiger partial charge in [-0.3, -0.25) is 9.59 Å². The van der Waals surface area contributed by atoms with Gasteiger partial charge in [0.2, 0.25) is 0 Å². The van der Waals surface area contributed by atoms with Crippen LogP contribution in [0, 0.1) is 5.92 Å². The quantitative estimate of drug-likeness (QED) is 0.856. The van der Waals surface area contributed by atoms with Gasteiger partial charge in [-0.1, -0.05) is 6.07 Å². The van der Waals surface area contributed by atoms with Crippen LogP contribution in [-0.4, -0.2) is 35.8 Å². The molecular formula is C16H21N3O2. The highest BCUT2D eigenvalue weighted by atomic mass is 16.2. The molecule has 21 heavy (non-hydrogen) atoms. The third kappa shape index (κ3) is 2.65. The Morgan fingerprint density at radius 1 is 1.38 bits per heavy atom. The number of nitrogens with one attached hydrogen (secondary N) is 1. The average Bonchev–Trinajstić information content (AvgIpc) is 2.87. The molecule has 1 saturated heterocycles. The zero-order chi connectivity index (χ0) is 15.0. The number of fused-ring (bicyclic) bond motifs is 1. The Morgan fingerprint density at radius 3 is 2.76 bits per heavy atom. The topological polar surface area (TPSA) is 75.4 Å². The van der Waals surface area contributed by atoms with Gasteiger partial charge < -0.3 is 16.0 Å². The predicted octanol–water partition coefficient (Wildman–Crippen LogP) is 1.13. The number of hydrogen-bond donors (Lipinski definition) is 2. The third-order valence-electron chi connectivity index (χ3n) is 4.61. The van der Waals surface area contributed by atoms with Crippen LogP contribution >= 0.6 is 0 Å². The van der Waals surface area contributed by atoms with E-state index in [0.29, 0.717) is 23.6 Å². The van der Waals surface area contributed by atoms with Gasteiger partial charge >= 0.3 is 0 Å². The minimum atomic E-state index is -0.0877. The van der Waals surface area contributed by atoms with Gasteiger partial charge in [0.25, 0.3) is 11.8 Å². The van der Waals surface area contributed by atoms with Crippen LogP contribution < -0.4 is 11.1 Å². The fourth-order valence-corrected chi connectivity index (χ4v) is 3.16. The van der Waals surface area contributed by atoms with Crippen molar-refractivity contribution < 1.29 is 9.59 Å². The normalized spacial score (nSPS) is 20.1. The molecule has 112 valence electrons. The molecule has 1 aromatic rings. The summed E-state index contributed by atoms with van der Waals surface area (Å²) in [5, 5.41) is 2.77. The van der Waals surface area contributed by atoms with Crippen molar-refractivity contribution in [2.75, 3.05) is 13.1 Å². The highest BCUT2D eigenvalue weighted by Crippen LogP contribution is 2.23. The largest absolute Gasteiger partial charge is 0.348 e. The van der Waals surface area contributed by atoms with Crippen LogP contribution in [0.25, 0.3) is 0 Å². The molecule has 2 amide bonds. The zero-order valence-corrected chi connectivity index (χ0v) is 12.3. The summed E-state index contributed by atoms with van der Waals surface area (Å²) >= 11 is 0. The lowest BCUT2D eigenvalue weighted by atomic mass is 9.90. The van der Waals surface area contributed by atoms with Crippen LogP contribution in [0.15, 0.2) is 18.2 Å². The summed E-state index contributed by atoms with van der Waals surface area (Å²) in [7, 11) is 0. The minimum Gasteiger partial charge on any atom is -0.348 e. The lowest BCUT2D eigenvalue weighted by Gasteiger charge is -2.33. The molecule has 0 aliphatic carbocycles. The molecule has 2 heterocycles. The van der Waals surface area contributed by atoms with Crippen LogP contribution in [0.4, 0.5) is 0 Å². The number of nitrogens with zero attached hydrogens (tertiary/aromatic N) is 1. The standard InChI is InChI=1S/C16H21N3O2/c1-10(17)11-4-6-19(7-5-11)16(21)12-2-3-13-9-18-15(20)14(13)8-12/h2-3,8,10-11H,4-7,9,17H2,1H3,(H,18,20)/t10-/m0/s1. The monoisotopic (exact) mass is 287 g/mol. The first-order valence-electron chi connectivity index (χ1n) is 7.52. The first-order chi connectivity index (χ1) is 10.1. The second-order valence-electron chi connectivity index (χ2n) is 6.04. The molecule has 0 unspecified atom stereocenters. The van der Waals surface area contributed by atoms with Gasteiger partial charge in [-0.25, -0.2) is 0 Å². The molecule has 2 aliphatic rings. The van der Waals surface area contributed by atoms with Crippen LogP contribution in [-0.2, 0) is 6.54 Å². The summed E-state index contributed by atoms with van der Waals surface area (Å²) in [5.74, 6) is 0.427. The van der Waals surface area contributed by atoms with Gasteiger partial charge in [0, 0.05) is 36.8 Å². The van der Waals surface area contributed by atoms with E-state index >= 15 is 0 Å². The van der Waals surface area contributed by atoms with E-state index in [2.05, 4.69) is 5.32 Å². The molecule has 0 saturated carbocycles. The third-order valence-corrected chi connectivity index (χ3v) is 4.61. The molecule has 3 N–H and O–H groups in total. The Morgan fingerprint density at radius 2 is 2.10 bits per heavy atom. The first kappa shape index (κ1) is 14.1. The van der Waals surface area contributed by atoms with Crippen LogP contribution in [0.2, 0.25) is 0 Å². The highest BCUT2D eigenvalue weighted by Gasteiger charge is 2.27. The van der Waals surface area contributed by atoms with Crippen molar-refractivity contribution in [1.82, 2.24) is 10.2 Å². The van der Waals surface area contributed by atoms with Crippen molar-refractivity contribution in [1.29, 1.82) is 0 Å². The summed E-state index contributed by atoms with van der Waals surface area (Å²) in [4.78, 5) is 26.1. The highest BCUT2D eigenvalue weighted by molar-refractivity contribution is 6.02. The molecule has 1 aromatic carbocycles. The maximum atomic E-state index is 12.5. The molecule has 0 aromatic heterocycles. The van der Waals surface area contributed by atoms with Crippen molar-refractivity contribution in [2.24, 2.45) is 11.7 Å². The minimum absolute atomic E-state index is 0.0145. The van der Waals surface area contributed by atoms with Crippen molar-refractivity contribution in [3.8, 4) is 0 Å². The number of piperidine rings is 1. The van der Waals surface area contributed by atoms with Crippen molar-refractivity contribution in [3.63, 3.8) is 0 Å². The Kier molecular flexibility index (Phi) is 3.68. The molecule has 0 bridgehead atoms. The summed E-state index contributed by atoms with van der Waals surface area (Å²) in [5.41, 5.74) is 8.13. The Labute approximate surface area is 124 Å². The van der Waals surface area contributed by atoms with E-state index in [9.17, 15) is 9.59 Å². The molecule has 5 heteroatoms. The van der Waals surface area contributed by atoms with E-state index in [0.717, 1.165) is 31.5 Å². The number of carbonyl (C=O) groups excluding carboxylic acids is 2. The SMILES string of the molecule is C[C@H](N)C1CCN(C(=O)c2ccc3c(c2)C(=O)NC3)CC1. The fraction of sp³-hybridized carbons (Fsp3) is 0.500. The van der Waals surface area contributed by atoms with Crippen molar-refractivity contribution in [2.45, 2.75) is 32.4 Å². The number of nitrogens with two attached hydrogens (primary N) is 1. The number of hydrogen-bond acceptors (Lipinski definition) is 3. The molecule has 0 radical (unpaired) electrons. The van der Waals surface area contributed by atoms with Gasteiger partial charge in [-0.15, -0.1) is 0 Å². The summed E-state index contributed by atoms with van der Waals surface area (Å²) in [6, 6.07) is 5.59.